The van der Waals surface area contributed by atoms with E-state index in [-0.39, 0.29) is 21.4 Å². The molecule has 0 radical (unpaired) electrons. The van der Waals surface area contributed by atoms with Gasteiger partial charge < -0.3 is 10.7 Å². The minimum Gasteiger partial charge on any atom is -0.321 e. The normalized spacial score (nSPS) is 10.3. The first-order valence-corrected chi connectivity index (χ1v) is 6.44. The second kappa shape index (κ2) is 6.15. The van der Waals surface area contributed by atoms with Crippen LogP contribution in [0.15, 0.2) is 34.8 Å². The van der Waals surface area contributed by atoms with Crippen molar-refractivity contribution < 1.29 is 18.0 Å². The summed E-state index contributed by atoms with van der Waals surface area (Å²) in [5.41, 5.74) is 1.31. The molecule has 21 heavy (non-hydrogen) atoms. The number of carbonyl (C=O) groups excluding carboxylic acids is 1. The molecule has 0 atom stereocenters. The summed E-state index contributed by atoms with van der Waals surface area (Å²) in [5, 5.41) is 2.16. The first-order valence-electron chi connectivity index (χ1n) is 5.65. The van der Waals surface area contributed by atoms with Crippen molar-refractivity contribution in [2.45, 2.75) is 0 Å². The third kappa shape index (κ3) is 3.17. The number of nitrogens with one attached hydrogen (secondary N) is 2. The molecule has 4 N–H and O–H groups in total. The number of nitrogens with two attached hydrogens (primary N) is 1. The fraction of sp³-hybridized carbons (Fsp3) is 0. The summed E-state index contributed by atoms with van der Waals surface area (Å²) in [5.74, 6) is 1.99. The first-order chi connectivity index (χ1) is 9.93. The number of amides is 1. The van der Waals surface area contributed by atoms with Crippen LogP contribution in [0.25, 0.3) is 0 Å². The minimum absolute atomic E-state index is 0.0759. The van der Waals surface area contributed by atoms with Gasteiger partial charge in [0, 0.05) is 6.07 Å². The first kappa shape index (κ1) is 15.3. The topological polar surface area (TPSA) is 67.1 Å². The highest BCUT2D eigenvalue weighted by Gasteiger charge is 2.17. The Morgan fingerprint density at radius 2 is 1.81 bits per heavy atom. The Hall–Kier alpha value is -2.06. The highest BCUT2D eigenvalue weighted by molar-refractivity contribution is 9.10. The van der Waals surface area contributed by atoms with Crippen LogP contribution in [0.2, 0.25) is 0 Å². The Kier molecular flexibility index (Phi) is 4.49. The molecule has 0 aliphatic rings. The number of nitrogen functional groups attached to an aromatic ring is 1. The van der Waals surface area contributed by atoms with E-state index in [2.05, 4.69) is 26.7 Å². The van der Waals surface area contributed by atoms with Crippen molar-refractivity contribution >= 4 is 33.2 Å². The van der Waals surface area contributed by atoms with Crippen molar-refractivity contribution in [3.8, 4) is 0 Å². The second-order valence-electron chi connectivity index (χ2n) is 4.01. The van der Waals surface area contributed by atoms with Gasteiger partial charge in [0.05, 0.1) is 21.4 Å². The van der Waals surface area contributed by atoms with E-state index in [4.69, 9.17) is 5.84 Å². The van der Waals surface area contributed by atoms with Crippen LogP contribution in [0.1, 0.15) is 10.4 Å². The number of hydrogen-bond acceptors (Lipinski definition) is 3. The zero-order valence-corrected chi connectivity index (χ0v) is 12.0. The zero-order valence-electron chi connectivity index (χ0n) is 10.4. The average molecular weight is 360 g/mol. The molecule has 0 spiro atoms. The predicted molar refractivity (Wildman–Crippen MR) is 76.2 cm³/mol. The van der Waals surface area contributed by atoms with Crippen molar-refractivity contribution in [2.24, 2.45) is 5.84 Å². The summed E-state index contributed by atoms with van der Waals surface area (Å²) in [6, 6.07) is 5.38. The lowest BCUT2D eigenvalue weighted by atomic mass is 10.1. The van der Waals surface area contributed by atoms with Crippen molar-refractivity contribution in [2.75, 3.05) is 10.7 Å². The molecule has 8 heteroatoms. The van der Waals surface area contributed by atoms with Gasteiger partial charge in [0.2, 0.25) is 0 Å². The van der Waals surface area contributed by atoms with Gasteiger partial charge in [0.25, 0.3) is 5.91 Å². The molecule has 0 aliphatic heterocycles. The molecule has 0 saturated carbocycles. The Morgan fingerprint density at radius 3 is 2.48 bits per heavy atom. The number of anilines is 2. The quantitative estimate of drug-likeness (QED) is 0.447. The Labute approximate surface area is 126 Å². The third-order valence-electron chi connectivity index (χ3n) is 2.66. The molecule has 0 aliphatic carbocycles. The van der Waals surface area contributed by atoms with E-state index >= 15 is 0 Å². The maximum absolute atomic E-state index is 13.6. The van der Waals surface area contributed by atoms with Gasteiger partial charge in [-0.25, -0.2) is 13.2 Å². The van der Waals surface area contributed by atoms with Gasteiger partial charge in [-0.15, -0.1) is 0 Å². The summed E-state index contributed by atoms with van der Waals surface area (Å²) in [7, 11) is 0. The molecule has 2 rings (SSSR count). The van der Waals surface area contributed by atoms with Crippen molar-refractivity contribution in [3.05, 3.63) is 57.8 Å². The van der Waals surface area contributed by atoms with Crippen LogP contribution in [0, 0.1) is 17.5 Å². The molecule has 0 aromatic heterocycles. The summed E-state index contributed by atoms with van der Waals surface area (Å²) in [6.45, 7) is 0. The van der Waals surface area contributed by atoms with E-state index in [0.29, 0.717) is 0 Å². The standard InChI is InChI=1S/C13H9BrF3N3O/c14-7-4-10(17)11(5-9(7)16)19-13(21)6-2-1-3-8(15)12(6)20-18/h1-5,20H,18H2,(H,19,21). The fourth-order valence-corrected chi connectivity index (χ4v) is 1.98. The van der Waals surface area contributed by atoms with Crippen LogP contribution in [0.5, 0.6) is 0 Å². The van der Waals surface area contributed by atoms with Gasteiger partial charge in [0.1, 0.15) is 17.5 Å². The molecular formula is C13H9BrF3N3O. The third-order valence-corrected chi connectivity index (χ3v) is 3.27. The highest BCUT2D eigenvalue weighted by atomic mass is 79.9. The molecule has 0 fully saturated rings. The van der Waals surface area contributed by atoms with Gasteiger partial charge in [-0.1, -0.05) is 6.07 Å². The summed E-state index contributed by atoms with van der Waals surface area (Å²) in [6.07, 6.45) is 0. The minimum atomic E-state index is -0.838. The molecule has 0 bridgehead atoms. The summed E-state index contributed by atoms with van der Waals surface area (Å²) in [4.78, 5) is 12.0. The van der Waals surface area contributed by atoms with Gasteiger partial charge in [-0.05, 0) is 34.1 Å². The lowest BCUT2D eigenvalue weighted by molar-refractivity contribution is 0.102. The van der Waals surface area contributed by atoms with E-state index in [1.165, 1.54) is 12.1 Å². The lowest BCUT2D eigenvalue weighted by Crippen LogP contribution is -2.19. The Morgan fingerprint density at radius 1 is 1.10 bits per heavy atom. The van der Waals surface area contributed by atoms with Crippen LogP contribution in [0.3, 0.4) is 0 Å². The molecule has 4 nitrogen and oxygen atoms in total. The molecule has 0 saturated heterocycles. The largest absolute Gasteiger partial charge is 0.321 e. The smallest absolute Gasteiger partial charge is 0.258 e. The van der Waals surface area contributed by atoms with Crippen LogP contribution >= 0.6 is 15.9 Å². The number of benzene rings is 2. The number of rotatable bonds is 3. The van der Waals surface area contributed by atoms with Gasteiger partial charge in [-0.3, -0.25) is 10.6 Å². The summed E-state index contributed by atoms with van der Waals surface area (Å²) >= 11 is 2.82. The van der Waals surface area contributed by atoms with Crippen LogP contribution in [-0.2, 0) is 0 Å². The van der Waals surface area contributed by atoms with Crippen LogP contribution in [-0.4, -0.2) is 5.91 Å². The number of para-hydroxylation sites is 1. The predicted octanol–water partition coefficient (Wildman–Crippen LogP) is 3.40. The molecule has 0 unspecified atom stereocenters. The number of hydrazine groups is 1. The van der Waals surface area contributed by atoms with Gasteiger partial charge in [0.15, 0.2) is 0 Å². The van der Waals surface area contributed by atoms with Crippen LogP contribution < -0.4 is 16.6 Å². The monoisotopic (exact) mass is 359 g/mol. The van der Waals surface area contributed by atoms with E-state index in [9.17, 15) is 18.0 Å². The lowest BCUT2D eigenvalue weighted by Gasteiger charge is -2.11. The zero-order chi connectivity index (χ0) is 15.6. The molecular weight excluding hydrogens is 351 g/mol. The average Bonchev–Trinajstić information content (AvgIpc) is 2.44. The SMILES string of the molecule is NNc1c(F)cccc1C(=O)Nc1cc(F)c(Br)cc1F. The second-order valence-corrected chi connectivity index (χ2v) is 4.86. The number of halogens is 4. The Bertz CT molecular complexity index is 709. The van der Waals surface area contributed by atoms with Crippen LogP contribution in [0.4, 0.5) is 24.5 Å². The van der Waals surface area contributed by atoms with E-state index in [1.54, 1.807) is 0 Å². The van der Waals surface area contributed by atoms with E-state index < -0.39 is 23.4 Å². The Balaban J connectivity index is 2.35. The number of hydrogen-bond donors (Lipinski definition) is 3. The van der Waals surface area contributed by atoms with Crippen molar-refractivity contribution in [1.82, 2.24) is 0 Å². The van der Waals surface area contributed by atoms with Crippen molar-refractivity contribution in [1.29, 1.82) is 0 Å². The molecule has 2 aromatic carbocycles. The molecule has 2 aromatic rings. The number of carbonyl (C=O) groups is 1. The highest BCUT2D eigenvalue weighted by Crippen LogP contribution is 2.25. The van der Waals surface area contributed by atoms with Crippen molar-refractivity contribution in [3.63, 3.8) is 0 Å². The fourth-order valence-electron chi connectivity index (χ4n) is 1.67. The van der Waals surface area contributed by atoms with Gasteiger partial charge >= 0.3 is 0 Å². The van der Waals surface area contributed by atoms with E-state index in [1.807, 2.05) is 0 Å². The van der Waals surface area contributed by atoms with E-state index in [0.717, 1.165) is 18.2 Å². The maximum atomic E-state index is 13.6. The van der Waals surface area contributed by atoms with Gasteiger partial charge in [-0.2, -0.15) is 0 Å². The summed E-state index contributed by atoms with van der Waals surface area (Å²) < 4.78 is 40.4. The molecule has 1 amide bonds. The maximum Gasteiger partial charge on any atom is 0.258 e. The molecule has 110 valence electrons. The molecule has 0 heterocycles.